The van der Waals surface area contributed by atoms with Gasteiger partial charge in [-0.1, -0.05) is 23.7 Å². The number of ether oxygens (including phenoxy) is 1. The van der Waals surface area contributed by atoms with Crippen LogP contribution in [0.5, 0.6) is 0 Å². The van der Waals surface area contributed by atoms with Gasteiger partial charge in [-0.15, -0.1) is 11.3 Å². The lowest BCUT2D eigenvalue weighted by Gasteiger charge is -2.42. The summed E-state index contributed by atoms with van der Waals surface area (Å²) < 4.78 is 5.74. The molecule has 3 rings (SSSR count). The first-order valence-electron chi connectivity index (χ1n) is 8.05. The molecule has 0 unspecified atom stereocenters. The van der Waals surface area contributed by atoms with Crippen LogP contribution in [-0.4, -0.2) is 27.8 Å². The molecule has 1 saturated heterocycles. The number of carbonyl (C=O) groups is 2. The van der Waals surface area contributed by atoms with Gasteiger partial charge in [0, 0.05) is 15.5 Å². The molecule has 1 aromatic heterocycles. The van der Waals surface area contributed by atoms with E-state index in [9.17, 15) is 9.59 Å². The van der Waals surface area contributed by atoms with Gasteiger partial charge in [-0.05, 0) is 46.8 Å². The number of ketones is 2. The van der Waals surface area contributed by atoms with E-state index in [1.54, 1.807) is 39.8 Å². The molecule has 1 fully saturated rings. The smallest absolute Gasteiger partial charge is 0.180 e. The van der Waals surface area contributed by atoms with Gasteiger partial charge in [0.25, 0.3) is 0 Å². The van der Waals surface area contributed by atoms with Gasteiger partial charge in [-0.3, -0.25) is 9.59 Å². The molecule has 0 N–H and O–H groups in total. The second kappa shape index (κ2) is 6.01. The van der Waals surface area contributed by atoms with Crippen LogP contribution in [0.4, 0.5) is 0 Å². The number of hydrogen-bond acceptors (Lipinski definition) is 5. The van der Waals surface area contributed by atoms with Crippen LogP contribution in [0.15, 0.2) is 24.3 Å². The minimum absolute atomic E-state index is 0.243. The monoisotopic (exact) mass is 377 g/mol. The van der Waals surface area contributed by atoms with Crippen molar-refractivity contribution in [2.75, 3.05) is 0 Å². The number of carbonyl (C=O) groups excluding carboxylic acids is 2. The summed E-state index contributed by atoms with van der Waals surface area (Å²) in [5.41, 5.74) is -0.611. The molecule has 132 valence electrons. The van der Waals surface area contributed by atoms with Gasteiger partial charge in [0.2, 0.25) is 0 Å². The number of nitrogens with zero attached hydrogens (tertiary/aromatic N) is 1. The molecule has 1 aliphatic rings. The highest BCUT2D eigenvalue weighted by Gasteiger charge is 2.54. The molecule has 0 spiro atoms. The van der Waals surface area contributed by atoms with Crippen LogP contribution in [0.2, 0.25) is 5.02 Å². The molecule has 1 aromatic carbocycles. The normalized spacial score (nSPS) is 20.1. The Morgan fingerprint density at radius 2 is 1.56 bits per heavy atom. The van der Waals surface area contributed by atoms with Crippen LogP contribution in [0, 0.1) is 6.92 Å². The molecule has 0 saturated carbocycles. The maximum Gasteiger partial charge on any atom is 0.180 e. The molecule has 0 aliphatic carbocycles. The minimum atomic E-state index is -1.03. The summed E-state index contributed by atoms with van der Waals surface area (Å²) in [6.07, 6.45) is 0. The highest BCUT2D eigenvalue weighted by molar-refractivity contribution is 7.15. The zero-order valence-corrected chi connectivity index (χ0v) is 16.4. The van der Waals surface area contributed by atoms with Gasteiger partial charge < -0.3 is 4.74 Å². The number of rotatable bonds is 2. The number of aryl methyl sites for hydroxylation is 1. The zero-order chi connectivity index (χ0) is 18.6. The molecular formula is C19H20ClNO3S. The maximum atomic E-state index is 12.9. The summed E-state index contributed by atoms with van der Waals surface area (Å²) in [5.74, 6) is -1.38. The number of benzene rings is 1. The van der Waals surface area contributed by atoms with Crippen LogP contribution >= 0.6 is 22.9 Å². The third kappa shape index (κ3) is 3.16. The standard InChI is InChI=1S/C19H20ClNO3S/c1-10-14(21-17(25-10)11-6-8-12(20)9-7-11)13-15(22)18(2,3)24-19(4,5)16(13)23/h6-9,13H,1-5H3. The van der Waals surface area contributed by atoms with Crippen molar-refractivity contribution in [1.29, 1.82) is 0 Å². The maximum absolute atomic E-state index is 12.9. The van der Waals surface area contributed by atoms with Crippen molar-refractivity contribution in [3.63, 3.8) is 0 Å². The lowest BCUT2D eigenvalue weighted by Crippen LogP contribution is -2.58. The third-order valence-corrected chi connectivity index (χ3v) is 5.71. The van der Waals surface area contributed by atoms with Gasteiger partial charge in [-0.25, -0.2) is 4.98 Å². The number of thiazole rings is 1. The molecule has 25 heavy (non-hydrogen) atoms. The predicted octanol–water partition coefficient (Wildman–Crippen LogP) is 4.58. The second-order valence-corrected chi connectivity index (χ2v) is 8.89. The summed E-state index contributed by atoms with van der Waals surface area (Å²) in [4.78, 5) is 31.3. The first-order chi connectivity index (χ1) is 11.5. The molecular weight excluding hydrogens is 358 g/mol. The van der Waals surface area contributed by atoms with E-state index in [0.29, 0.717) is 10.7 Å². The van der Waals surface area contributed by atoms with Crippen molar-refractivity contribution in [1.82, 2.24) is 4.98 Å². The number of Topliss-reactive ketones (excluding diaryl/α,β-unsaturated/α-hetero) is 2. The number of aromatic nitrogens is 1. The SMILES string of the molecule is Cc1sc(-c2ccc(Cl)cc2)nc1C1C(=O)C(C)(C)OC(C)(C)C1=O. The molecule has 6 heteroatoms. The summed E-state index contributed by atoms with van der Waals surface area (Å²) in [6.45, 7) is 8.72. The van der Waals surface area contributed by atoms with E-state index in [0.717, 1.165) is 15.4 Å². The topological polar surface area (TPSA) is 56.3 Å². The summed E-state index contributed by atoms with van der Waals surface area (Å²) in [6, 6.07) is 7.35. The summed E-state index contributed by atoms with van der Waals surface area (Å²) >= 11 is 7.41. The molecule has 0 radical (unpaired) electrons. The van der Waals surface area contributed by atoms with Crippen molar-refractivity contribution in [2.45, 2.75) is 51.7 Å². The predicted molar refractivity (Wildman–Crippen MR) is 99.3 cm³/mol. The number of hydrogen-bond donors (Lipinski definition) is 0. The van der Waals surface area contributed by atoms with Gasteiger partial charge >= 0.3 is 0 Å². The highest BCUT2D eigenvalue weighted by Crippen LogP contribution is 2.41. The van der Waals surface area contributed by atoms with Gasteiger partial charge in [0.15, 0.2) is 11.6 Å². The molecule has 1 aliphatic heterocycles. The Morgan fingerprint density at radius 3 is 2.08 bits per heavy atom. The highest BCUT2D eigenvalue weighted by atomic mass is 35.5. The quantitative estimate of drug-likeness (QED) is 0.719. The van der Waals surface area contributed by atoms with Crippen molar-refractivity contribution in [2.24, 2.45) is 0 Å². The van der Waals surface area contributed by atoms with E-state index in [4.69, 9.17) is 16.3 Å². The first kappa shape index (κ1) is 18.2. The average molecular weight is 378 g/mol. The molecule has 0 atom stereocenters. The number of halogens is 1. The Balaban J connectivity index is 2.07. The molecule has 2 heterocycles. The largest absolute Gasteiger partial charge is 0.354 e. The van der Waals surface area contributed by atoms with E-state index >= 15 is 0 Å². The lowest BCUT2D eigenvalue weighted by atomic mass is 9.76. The average Bonchev–Trinajstić information content (AvgIpc) is 2.88. The fourth-order valence-electron chi connectivity index (χ4n) is 3.19. The van der Waals surface area contributed by atoms with Crippen molar-refractivity contribution in [3.05, 3.63) is 39.9 Å². The molecule has 0 bridgehead atoms. The van der Waals surface area contributed by atoms with Crippen LogP contribution in [0.1, 0.15) is 44.2 Å². The van der Waals surface area contributed by atoms with Crippen LogP contribution in [0.3, 0.4) is 0 Å². The third-order valence-electron chi connectivity index (χ3n) is 4.42. The molecule has 0 amide bonds. The lowest BCUT2D eigenvalue weighted by molar-refractivity contribution is -0.184. The van der Waals surface area contributed by atoms with Gasteiger partial charge in [0.1, 0.15) is 22.1 Å². The van der Waals surface area contributed by atoms with Crippen molar-refractivity contribution in [3.8, 4) is 10.6 Å². The Bertz CT molecular complexity index is 826. The molecule has 2 aromatic rings. The van der Waals surface area contributed by atoms with Crippen molar-refractivity contribution < 1.29 is 14.3 Å². The Morgan fingerprint density at radius 1 is 1.04 bits per heavy atom. The van der Waals surface area contributed by atoms with E-state index < -0.39 is 17.1 Å². The summed E-state index contributed by atoms with van der Waals surface area (Å²) in [7, 11) is 0. The Labute approximate surface area is 156 Å². The van der Waals surface area contributed by atoms with E-state index in [1.807, 2.05) is 19.1 Å². The Kier molecular flexibility index (Phi) is 4.38. The van der Waals surface area contributed by atoms with E-state index in [2.05, 4.69) is 4.98 Å². The fraction of sp³-hybridized carbons (Fsp3) is 0.421. The van der Waals surface area contributed by atoms with Crippen LogP contribution in [-0.2, 0) is 14.3 Å². The Hall–Kier alpha value is -1.56. The first-order valence-corrected chi connectivity index (χ1v) is 9.24. The van der Waals surface area contributed by atoms with Crippen molar-refractivity contribution >= 4 is 34.5 Å². The van der Waals surface area contributed by atoms with E-state index in [1.165, 1.54) is 11.3 Å². The van der Waals surface area contributed by atoms with Gasteiger partial charge in [0.05, 0.1) is 5.69 Å². The minimum Gasteiger partial charge on any atom is -0.354 e. The zero-order valence-electron chi connectivity index (χ0n) is 14.8. The van der Waals surface area contributed by atoms with E-state index in [-0.39, 0.29) is 11.6 Å². The van der Waals surface area contributed by atoms with Crippen LogP contribution < -0.4 is 0 Å². The summed E-state index contributed by atoms with van der Waals surface area (Å²) in [5, 5.41) is 1.42. The van der Waals surface area contributed by atoms with Gasteiger partial charge in [-0.2, -0.15) is 0 Å². The molecule has 4 nitrogen and oxygen atoms in total. The van der Waals surface area contributed by atoms with Crippen LogP contribution in [0.25, 0.3) is 10.6 Å². The second-order valence-electron chi connectivity index (χ2n) is 7.25. The fourth-order valence-corrected chi connectivity index (χ4v) is 4.28.